The molecule has 6 rings (SSSR count). The van der Waals surface area contributed by atoms with Crippen molar-refractivity contribution in [2.45, 2.75) is 38.1 Å². The molecule has 0 spiro atoms. The highest BCUT2D eigenvalue weighted by Gasteiger charge is 2.34. The Hall–Kier alpha value is -2.44. The Kier molecular flexibility index (Phi) is 4.92. The summed E-state index contributed by atoms with van der Waals surface area (Å²) in [5, 5.41) is 0.998. The molecule has 0 unspecified atom stereocenters. The number of nitrogen functional groups attached to an aromatic ring is 1. The first kappa shape index (κ1) is 19.3. The van der Waals surface area contributed by atoms with E-state index in [9.17, 15) is 0 Å². The SMILES string of the molecule is Nc1ncnc2c1c(-c1cccc(CCC3COC3)c1)cn2C1CC(CN2CCC2)C1. The van der Waals surface area contributed by atoms with Gasteiger partial charge in [-0.25, -0.2) is 9.97 Å². The van der Waals surface area contributed by atoms with Crippen molar-refractivity contribution in [1.82, 2.24) is 19.4 Å². The Labute approximate surface area is 183 Å². The fourth-order valence-electron chi connectivity index (χ4n) is 5.33. The van der Waals surface area contributed by atoms with Crippen molar-refractivity contribution in [2.24, 2.45) is 11.8 Å². The van der Waals surface area contributed by atoms with Gasteiger partial charge < -0.3 is 19.9 Å². The van der Waals surface area contributed by atoms with Gasteiger partial charge in [-0.1, -0.05) is 24.3 Å². The van der Waals surface area contributed by atoms with Crippen molar-refractivity contribution < 1.29 is 4.74 Å². The minimum Gasteiger partial charge on any atom is -0.383 e. The number of rotatable bonds is 7. The van der Waals surface area contributed by atoms with Crippen LogP contribution in [-0.4, -0.2) is 52.3 Å². The van der Waals surface area contributed by atoms with E-state index >= 15 is 0 Å². The molecule has 1 aromatic carbocycles. The summed E-state index contributed by atoms with van der Waals surface area (Å²) in [5.74, 6) is 2.11. The predicted octanol–water partition coefficient (Wildman–Crippen LogP) is 3.92. The average Bonchev–Trinajstić information content (AvgIpc) is 3.05. The fraction of sp³-hybridized carbons (Fsp3) is 0.520. The molecule has 2 saturated heterocycles. The molecule has 4 heterocycles. The number of anilines is 1. The van der Waals surface area contributed by atoms with Gasteiger partial charge in [0.1, 0.15) is 17.8 Å². The Morgan fingerprint density at radius 1 is 1.10 bits per heavy atom. The number of nitrogens with zero attached hydrogens (tertiary/aromatic N) is 4. The van der Waals surface area contributed by atoms with Gasteiger partial charge in [0.25, 0.3) is 0 Å². The second kappa shape index (κ2) is 7.92. The lowest BCUT2D eigenvalue weighted by molar-refractivity contribution is -0.0352. The molecule has 2 aromatic heterocycles. The summed E-state index contributed by atoms with van der Waals surface area (Å²) >= 11 is 0. The number of benzene rings is 1. The molecule has 6 nitrogen and oxygen atoms in total. The Morgan fingerprint density at radius 2 is 1.97 bits per heavy atom. The summed E-state index contributed by atoms with van der Waals surface area (Å²) in [7, 11) is 0. The zero-order valence-corrected chi connectivity index (χ0v) is 18.0. The molecular formula is C25H31N5O. The third-order valence-corrected chi connectivity index (χ3v) is 7.49. The molecule has 2 aliphatic heterocycles. The lowest BCUT2D eigenvalue weighted by Crippen LogP contribution is -2.43. The largest absolute Gasteiger partial charge is 0.383 e. The van der Waals surface area contributed by atoms with Gasteiger partial charge >= 0.3 is 0 Å². The van der Waals surface area contributed by atoms with E-state index < -0.39 is 0 Å². The molecule has 3 aliphatic rings. The smallest absolute Gasteiger partial charge is 0.146 e. The summed E-state index contributed by atoms with van der Waals surface area (Å²) in [6, 6.07) is 9.41. The molecule has 0 atom stereocenters. The maximum Gasteiger partial charge on any atom is 0.146 e. The Morgan fingerprint density at radius 3 is 2.71 bits per heavy atom. The highest BCUT2D eigenvalue weighted by molar-refractivity contribution is 6.00. The molecular weight excluding hydrogens is 386 g/mol. The van der Waals surface area contributed by atoms with Gasteiger partial charge in [0, 0.05) is 30.3 Å². The van der Waals surface area contributed by atoms with Gasteiger partial charge in [-0.3, -0.25) is 0 Å². The number of nitrogens with two attached hydrogens (primary N) is 1. The van der Waals surface area contributed by atoms with Crippen LogP contribution in [-0.2, 0) is 11.2 Å². The first-order valence-corrected chi connectivity index (χ1v) is 11.7. The van der Waals surface area contributed by atoms with Gasteiger partial charge in [0.15, 0.2) is 0 Å². The van der Waals surface area contributed by atoms with E-state index in [1.807, 2.05) is 0 Å². The van der Waals surface area contributed by atoms with E-state index in [-0.39, 0.29) is 0 Å². The first-order valence-electron chi connectivity index (χ1n) is 11.7. The van der Waals surface area contributed by atoms with Crippen LogP contribution in [0.2, 0.25) is 0 Å². The van der Waals surface area contributed by atoms with Crippen molar-refractivity contribution in [3.8, 4) is 11.1 Å². The molecule has 0 bridgehead atoms. The zero-order chi connectivity index (χ0) is 20.8. The van der Waals surface area contributed by atoms with Crippen molar-refractivity contribution in [2.75, 3.05) is 38.6 Å². The van der Waals surface area contributed by atoms with Gasteiger partial charge in [0.05, 0.1) is 18.6 Å². The molecule has 0 radical (unpaired) electrons. The van der Waals surface area contributed by atoms with Crippen LogP contribution in [0.5, 0.6) is 0 Å². The lowest BCUT2D eigenvalue weighted by Gasteiger charge is -2.42. The number of hydrogen-bond donors (Lipinski definition) is 1. The van der Waals surface area contributed by atoms with E-state index in [1.165, 1.54) is 56.4 Å². The van der Waals surface area contributed by atoms with E-state index in [0.717, 1.165) is 48.1 Å². The number of hydrogen-bond acceptors (Lipinski definition) is 5. The first-order chi connectivity index (χ1) is 15.2. The van der Waals surface area contributed by atoms with Crippen molar-refractivity contribution >= 4 is 16.9 Å². The van der Waals surface area contributed by atoms with Crippen molar-refractivity contribution in [3.05, 3.63) is 42.4 Å². The minimum absolute atomic E-state index is 0.513. The fourth-order valence-corrected chi connectivity index (χ4v) is 5.33. The van der Waals surface area contributed by atoms with Crippen molar-refractivity contribution in [1.29, 1.82) is 0 Å². The van der Waals surface area contributed by atoms with Crippen LogP contribution in [0.25, 0.3) is 22.2 Å². The van der Waals surface area contributed by atoms with Gasteiger partial charge in [-0.05, 0) is 62.2 Å². The quantitative estimate of drug-likeness (QED) is 0.631. The van der Waals surface area contributed by atoms with E-state index in [4.69, 9.17) is 10.5 Å². The van der Waals surface area contributed by atoms with E-state index in [2.05, 4.69) is 49.9 Å². The average molecular weight is 418 g/mol. The normalized spacial score (nSPS) is 24.0. The van der Waals surface area contributed by atoms with Gasteiger partial charge in [-0.15, -0.1) is 0 Å². The minimum atomic E-state index is 0.513. The molecule has 3 fully saturated rings. The summed E-state index contributed by atoms with van der Waals surface area (Å²) in [5.41, 5.74) is 11.1. The third-order valence-electron chi connectivity index (χ3n) is 7.49. The maximum absolute atomic E-state index is 6.36. The summed E-state index contributed by atoms with van der Waals surface area (Å²) in [4.78, 5) is 11.6. The van der Waals surface area contributed by atoms with E-state index in [1.54, 1.807) is 6.33 Å². The number of aromatic nitrogens is 3. The Balaban J connectivity index is 1.27. The lowest BCUT2D eigenvalue weighted by atomic mass is 9.79. The van der Waals surface area contributed by atoms with Crippen LogP contribution in [0.4, 0.5) is 5.82 Å². The highest BCUT2D eigenvalue weighted by Crippen LogP contribution is 2.43. The molecule has 31 heavy (non-hydrogen) atoms. The molecule has 6 heteroatoms. The molecule has 162 valence electrons. The second-order valence-electron chi connectivity index (χ2n) is 9.70. The van der Waals surface area contributed by atoms with Crippen LogP contribution in [0.1, 0.15) is 37.3 Å². The van der Waals surface area contributed by atoms with Crippen molar-refractivity contribution in [3.63, 3.8) is 0 Å². The Bertz CT molecular complexity index is 1080. The maximum atomic E-state index is 6.36. The van der Waals surface area contributed by atoms with Gasteiger partial charge in [0.2, 0.25) is 0 Å². The van der Waals surface area contributed by atoms with Gasteiger partial charge in [-0.2, -0.15) is 0 Å². The summed E-state index contributed by atoms with van der Waals surface area (Å²) in [6.45, 7) is 5.66. The molecule has 3 aromatic rings. The summed E-state index contributed by atoms with van der Waals surface area (Å²) < 4.78 is 7.69. The number of fused-ring (bicyclic) bond motifs is 1. The molecule has 1 saturated carbocycles. The number of likely N-dealkylation sites (tertiary alicyclic amines) is 1. The third kappa shape index (κ3) is 3.62. The number of aryl methyl sites for hydroxylation is 1. The topological polar surface area (TPSA) is 69.2 Å². The second-order valence-corrected chi connectivity index (χ2v) is 9.70. The van der Waals surface area contributed by atoms with Crippen LogP contribution in [0, 0.1) is 11.8 Å². The monoisotopic (exact) mass is 417 g/mol. The van der Waals surface area contributed by atoms with E-state index in [0.29, 0.717) is 11.9 Å². The van der Waals surface area contributed by atoms with Crippen LogP contribution in [0.3, 0.4) is 0 Å². The van der Waals surface area contributed by atoms with Crippen LogP contribution >= 0.6 is 0 Å². The zero-order valence-electron chi connectivity index (χ0n) is 18.0. The predicted molar refractivity (Wildman–Crippen MR) is 123 cm³/mol. The van der Waals surface area contributed by atoms with Crippen LogP contribution in [0.15, 0.2) is 36.8 Å². The number of ether oxygens (including phenoxy) is 1. The summed E-state index contributed by atoms with van der Waals surface area (Å²) in [6.07, 6.45) is 9.99. The molecule has 1 aliphatic carbocycles. The van der Waals surface area contributed by atoms with Crippen LogP contribution < -0.4 is 5.73 Å². The highest BCUT2D eigenvalue weighted by atomic mass is 16.5. The molecule has 0 amide bonds. The molecule has 2 N–H and O–H groups in total. The standard InChI is InChI=1S/C25H31N5O/c26-24-23-22(20-4-1-3-17(9-20)5-6-18-14-31-15-18)13-30(25(23)28-16-27-24)21-10-19(11-21)12-29-7-2-8-29/h1,3-4,9,13,16,18-19,21H,2,5-8,10-12,14-15H2,(H2,26,27,28).